The molecule has 282 valence electrons. The molecule has 6 rings (SSSR count). The summed E-state index contributed by atoms with van der Waals surface area (Å²) in [5.41, 5.74) is 6.90. The van der Waals surface area contributed by atoms with Crippen LogP contribution in [-0.2, 0) is 24.0 Å². The predicted octanol–water partition coefficient (Wildman–Crippen LogP) is -1.44. The van der Waals surface area contributed by atoms with E-state index < -0.39 is 0 Å². The maximum Gasteiger partial charge on any atom is 1.00 e. The number of methoxy groups -OCH3 is 1. The molecule has 0 unspecified atom stereocenters. The predicted molar refractivity (Wildman–Crippen MR) is 201 cm³/mol. The van der Waals surface area contributed by atoms with Crippen molar-refractivity contribution < 1.29 is 138 Å². The Labute approximate surface area is 410 Å². The summed E-state index contributed by atoms with van der Waals surface area (Å²) in [7, 11) is 1.39. The van der Waals surface area contributed by atoms with Gasteiger partial charge in [-0.1, -0.05) is 54.4 Å². The minimum absolute atomic E-state index is 0. The minimum Gasteiger partial charge on any atom is -1.00 e. The van der Waals surface area contributed by atoms with Crippen molar-refractivity contribution in [1.82, 2.24) is 15.3 Å². The normalized spacial score (nSPS) is 12.4. The maximum absolute atomic E-state index is 11.6. The van der Waals surface area contributed by atoms with E-state index in [1.165, 1.54) is 29.6 Å². The van der Waals surface area contributed by atoms with Gasteiger partial charge in [0, 0.05) is 76.1 Å². The molecule has 2 aliphatic heterocycles. The molecule has 0 saturated carbocycles. The van der Waals surface area contributed by atoms with E-state index in [1.54, 1.807) is 24.5 Å². The third kappa shape index (κ3) is 21.3. The van der Waals surface area contributed by atoms with Gasteiger partial charge in [0.1, 0.15) is 11.0 Å². The molecule has 0 aliphatic carbocycles. The van der Waals surface area contributed by atoms with Gasteiger partial charge in [0.15, 0.2) is 0 Å². The van der Waals surface area contributed by atoms with Crippen LogP contribution in [0.1, 0.15) is 35.9 Å². The Hall–Kier alpha value is -2.06. The first kappa shape index (κ1) is 54.0. The average Bonchev–Trinajstić information content (AvgIpc) is 3.16. The third-order valence-corrected chi connectivity index (χ3v) is 7.81. The van der Waals surface area contributed by atoms with Crippen molar-refractivity contribution in [3.63, 3.8) is 0 Å². The van der Waals surface area contributed by atoms with Crippen molar-refractivity contribution in [1.29, 1.82) is 0 Å². The molecule has 2 aromatic carbocycles. The second-order valence-corrected chi connectivity index (χ2v) is 11.6. The molecule has 13 nitrogen and oxygen atoms in total. The molecule has 2 aromatic heterocycles. The van der Waals surface area contributed by atoms with Gasteiger partial charge < -0.3 is 36.3 Å². The van der Waals surface area contributed by atoms with E-state index in [4.69, 9.17) is 36.0 Å². The fourth-order valence-electron chi connectivity index (χ4n) is 4.96. The molecule has 4 aromatic rings. The smallest absolute Gasteiger partial charge is 1.00 e. The largest absolute Gasteiger partial charge is 1.00 e. The molecule has 0 spiro atoms. The Balaban J connectivity index is -0.000000719. The molecule has 0 bridgehead atoms. The second kappa shape index (κ2) is 32.1. The summed E-state index contributed by atoms with van der Waals surface area (Å²) < 4.78 is 4.77. The first-order valence-electron chi connectivity index (χ1n) is 16.1. The number of esters is 1. The van der Waals surface area contributed by atoms with Crippen molar-refractivity contribution in [2.75, 3.05) is 74.2 Å². The van der Waals surface area contributed by atoms with Gasteiger partial charge in [-0.25, -0.2) is 14.8 Å². The first-order valence-corrected chi connectivity index (χ1v) is 16.5. The van der Waals surface area contributed by atoms with Crippen LogP contribution in [0.2, 0.25) is 5.15 Å². The summed E-state index contributed by atoms with van der Waals surface area (Å²) >= 11 is 5.53. The van der Waals surface area contributed by atoms with Crippen LogP contribution in [0.25, 0.3) is 0 Å². The summed E-state index contributed by atoms with van der Waals surface area (Å²) in [4.78, 5) is 54.3. The van der Waals surface area contributed by atoms with Crippen LogP contribution >= 0.6 is 11.6 Å². The van der Waals surface area contributed by atoms with E-state index >= 15 is 0 Å². The number of carbonyl (C=O) groups is 2. The molecule has 16 heteroatoms. The van der Waals surface area contributed by atoms with Gasteiger partial charge in [0.05, 0.1) is 12.7 Å². The van der Waals surface area contributed by atoms with Crippen molar-refractivity contribution in [3.05, 3.63) is 113 Å². The van der Waals surface area contributed by atoms with Gasteiger partial charge >= 0.3 is 115 Å². The van der Waals surface area contributed by atoms with Gasteiger partial charge in [0.25, 0.3) is 6.47 Å². The molecule has 2 saturated heterocycles. The Morgan fingerprint density at radius 3 is 1.63 bits per heavy atom. The van der Waals surface area contributed by atoms with Crippen LogP contribution in [0.15, 0.2) is 85.2 Å². The molecule has 2 fully saturated rings. The van der Waals surface area contributed by atoms with Crippen LogP contribution in [-0.4, -0.2) is 88.0 Å². The van der Waals surface area contributed by atoms with E-state index in [0.29, 0.717) is 10.7 Å². The number of benzene rings is 2. The zero-order chi connectivity index (χ0) is 37.4. The van der Waals surface area contributed by atoms with Crippen molar-refractivity contribution in [2.45, 2.75) is 28.2 Å². The molecule has 2 aliphatic rings. The zero-order valence-electron chi connectivity index (χ0n) is 32.3. The number of carbonyl (C=O) groups excluding carboxylic acids is 4. The number of rotatable bonds is 5. The van der Waals surface area contributed by atoms with Crippen LogP contribution in [0.3, 0.4) is 0 Å². The number of halogens is 1. The fourth-order valence-corrected chi connectivity index (χ4v) is 5.19. The van der Waals surface area contributed by atoms with Gasteiger partial charge in [-0.05, 0) is 74.9 Å². The molecule has 4 heterocycles. The number of hydrogen-bond donors (Lipinski definition) is 1. The summed E-state index contributed by atoms with van der Waals surface area (Å²) in [6.45, 7) is 14.1. The summed E-state index contributed by atoms with van der Waals surface area (Å²) in [5.74, 6) is 0.503. The number of nitrogens with zero attached hydrogens (tertiary/aromatic N) is 5. The average molecular weight is 815 g/mol. The maximum atomic E-state index is 11.6. The van der Waals surface area contributed by atoms with Gasteiger partial charge in [-0.3, -0.25) is 4.79 Å². The number of piperazine rings is 2. The van der Waals surface area contributed by atoms with E-state index in [1.807, 2.05) is 19.1 Å². The molecule has 0 atom stereocenters. The van der Waals surface area contributed by atoms with E-state index in [2.05, 4.69) is 97.3 Å². The van der Waals surface area contributed by atoms with Crippen LogP contribution in [0.4, 0.5) is 17.2 Å². The van der Waals surface area contributed by atoms with Crippen molar-refractivity contribution in [3.8, 4) is 0 Å². The summed E-state index contributed by atoms with van der Waals surface area (Å²) in [6.07, 6.45) is 3.60. The summed E-state index contributed by atoms with van der Waals surface area (Å²) in [5, 5.41) is 12.3. The topological polar surface area (TPSA) is 157 Å². The number of pyridine rings is 2. The summed E-state index contributed by atoms with van der Waals surface area (Å²) in [6, 6.07) is 24.6. The second-order valence-electron chi connectivity index (χ2n) is 11.2. The van der Waals surface area contributed by atoms with E-state index in [9.17, 15) is 4.79 Å². The minimum atomic E-state index is -0.327. The molecule has 54 heavy (non-hydrogen) atoms. The van der Waals surface area contributed by atoms with Gasteiger partial charge in [-0.15, -0.1) is 0 Å². The zero-order valence-corrected chi connectivity index (χ0v) is 38.3. The number of nitrogens with one attached hydrogen (secondary N) is 1. The van der Waals surface area contributed by atoms with Crippen LogP contribution in [0.5, 0.6) is 0 Å². The SMILES string of the molecule is C.COC(=O)c1ccnc(N2CCN(c3ccc(C)cc3)CC2)c1.Cc1ccc(N2CCNCC2)cc1.Cc1ccnc(Cl)c1.O=C=O.O=CO[O-].[H-].[K+].[K+]. The molecular formula is C38H49ClK2N6O7. The number of anilines is 3. The molecule has 0 radical (unpaired) electrons. The number of aromatic nitrogens is 2. The van der Waals surface area contributed by atoms with Crippen LogP contribution in [0, 0.1) is 20.8 Å². The quantitative estimate of drug-likeness (QED) is 0.0625. The van der Waals surface area contributed by atoms with E-state index in [0.717, 1.165) is 63.7 Å². The standard InChI is InChI=1S/C18H21N3O2.C11H16N2.C6H6ClN.CH2O3.CO2.CH4.2K.H/c1-14-3-5-16(6-4-14)20-9-11-21(12-10-20)17-13-15(7-8-19-17)18(22)23-2;1-10-2-4-11(5-3-10)13-8-6-12-7-9-13;1-5-2-3-8-6(7)4-5;2-1-4-3;2-1-3;;;;/h3-8,13H,9-12H2,1-2H3;2-5,12H,6-9H2,1H3;2-4H,1H3;1,3H;;1H4;;;/q;;;;;;2*+1;-1/p-1. The fraction of sp³-hybridized carbons (Fsp3) is 0.342. The number of ether oxygens (including phenoxy) is 1. The Kier molecular flexibility index (Phi) is 32.1. The van der Waals surface area contributed by atoms with Crippen molar-refractivity contribution >= 4 is 47.4 Å². The van der Waals surface area contributed by atoms with Gasteiger partial charge in [-0.2, -0.15) is 9.59 Å². The monoisotopic (exact) mass is 814 g/mol. The van der Waals surface area contributed by atoms with E-state index in [-0.39, 0.29) is 130 Å². The Morgan fingerprint density at radius 1 is 0.778 bits per heavy atom. The van der Waals surface area contributed by atoms with Crippen molar-refractivity contribution in [2.24, 2.45) is 0 Å². The molecule has 1 N–H and O–H groups in total. The number of aryl methyl sites for hydroxylation is 3. The Bertz CT molecular complexity index is 1630. The first-order chi connectivity index (χ1) is 24.6. The molecular weight excluding hydrogens is 766 g/mol. The van der Waals surface area contributed by atoms with Crippen LogP contribution < -0.4 is 128 Å². The number of hydrogen-bond acceptors (Lipinski definition) is 13. The molecule has 0 amide bonds. The Morgan fingerprint density at radius 2 is 1.22 bits per heavy atom. The van der Waals surface area contributed by atoms with Gasteiger partial charge in [0.2, 0.25) is 0 Å². The third-order valence-electron chi connectivity index (χ3n) is 7.61.